The summed E-state index contributed by atoms with van der Waals surface area (Å²) in [6.07, 6.45) is 7.00. The highest BCUT2D eigenvalue weighted by Gasteiger charge is 2.27. The number of nitrogens with zero attached hydrogens (tertiary/aromatic N) is 5. The Morgan fingerprint density at radius 3 is 2.51 bits per heavy atom. The van der Waals surface area contributed by atoms with Crippen molar-refractivity contribution in [3.63, 3.8) is 0 Å². The first-order chi connectivity index (χ1) is 20.9. The summed E-state index contributed by atoms with van der Waals surface area (Å²) in [5, 5.41) is 4.74. The number of ether oxygens (including phenoxy) is 2. The standard InChI is InChI=1S/C33H40N6O4/c1-22-29-30(39(36-22)25-12-8-5-9-13-25)32(40)35-31(34-29)27-15-14-26(20-28(27)42-3)38-18-16-24(17-19-38)37(2)33(41)43-21-23-10-6-4-7-11-23/h4,6-7,10-11,14-15,20,24-25H,5,8-9,12-13,16-19,21H2,1-3H3,(H,34,35,40). The van der Waals surface area contributed by atoms with Crippen LogP contribution in [0.3, 0.4) is 0 Å². The van der Waals surface area contributed by atoms with E-state index < -0.39 is 0 Å². The first-order valence-corrected chi connectivity index (χ1v) is 15.3. The maximum absolute atomic E-state index is 13.4. The number of H-pyrrole nitrogens is 1. The van der Waals surface area contributed by atoms with E-state index in [0.717, 1.165) is 74.1 Å². The van der Waals surface area contributed by atoms with Gasteiger partial charge < -0.3 is 24.3 Å². The predicted molar refractivity (Wildman–Crippen MR) is 167 cm³/mol. The van der Waals surface area contributed by atoms with E-state index in [4.69, 9.17) is 19.6 Å². The number of fused-ring (bicyclic) bond motifs is 1. The smallest absolute Gasteiger partial charge is 0.410 e. The Hall–Kier alpha value is -4.34. The van der Waals surface area contributed by atoms with Crippen LogP contribution in [0.1, 0.15) is 62.2 Å². The van der Waals surface area contributed by atoms with E-state index in [9.17, 15) is 9.59 Å². The molecule has 0 bridgehead atoms. The second-order valence-electron chi connectivity index (χ2n) is 11.7. The lowest BCUT2D eigenvalue weighted by Gasteiger charge is -2.37. The number of methoxy groups -OCH3 is 1. The molecule has 226 valence electrons. The van der Waals surface area contributed by atoms with Gasteiger partial charge in [0.15, 0.2) is 5.52 Å². The van der Waals surface area contributed by atoms with E-state index >= 15 is 0 Å². The second kappa shape index (κ2) is 12.5. The van der Waals surface area contributed by atoms with Gasteiger partial charge in [0.1, 0.15) is 23.7 Å². The van der Waals surface area contributed by atoms with E-state index in [-0.39, 0.29) is 30.3 Å². The molecule has 43 heavy (non-hydrogen) atoms. The summed E-state index contributed by atoms with van der Waals surface area (Å²) >= 11 is 0. The first kappa shape index (κ1) is 28.8. The Kier molecular flexibility index (Phi) is 8.35. The van der Waals surface area contributed by atoms with Crippen molar-refractivity contribution in [2.45, 2.75) is 70.6 Å². The third-order valence-corrected chi connectivity index (χ3v) is 8.96. The summed E-state index contributed by atoms with van der Waals surface area (Å²) in [7, 11) is 3.45. The number of anilines is 1. The van der Waals surface area contributed by atoms with Crippen molar-refractivity contribution in [1.29, 1.82) is 0 Å². The molecule has 6 rings (SSSR count). The van der Waals surface area contributed by atoms with Crippen LogP contribution in [0.5, 0.6) is 5.75 Å². The van der Waals surface area contributed by atoms with Crippen LogP contribution in [-0.4, -0.2) is 64.0 Å². The van der Waals surface area contributed by atoms with Gasteiger partial charge in [0.25, 0.3) is 5.56 Å². The van der Waals surface area contributed by atoms with Gasteiger partial charge in [0, 0.05) is 37.9 Å². The second-order valence-corrected chi connectivity index (χ2v) is 11.7. The van der Waals surface area contributed by atoms with E-state index in [1.807, 2.05) is 67.2 Å². The zero-order valence-electron chi connectivity index (χ0n) is 25.2. The lowest BCUT2D eigenvalue weighted by molar-refractivity contribution is 0.0862. The van der Waals surface area contributed by atoms with E-state index in [1.54, 1.807) is 12.0 Å². The SMILES string of the molecule is COc1cc(N2CCC(N(C)C(=O)OCc3ccccc3)CC2)ccc1-c1nc2c(C)nn(C3CCCCC3)c2c(=O)[nH]1. The number of amides is 1. The summed E-state index contributed by atoms with van der Waals surface area (Å²) in [5.74, 6) is 1.11. The van der Waals surface area contributed by atoms with Gasteiger partial charge in [0.05, 0.1) is 24.4 Å². The van der Waals surface area contributed by atoms with Gasteiger partial charge in [0.2, 0.25) is 0 Å². The molecule has 10 nitrogen and oxygen atoms in total. The summed E-state index contributed by atoms with van der Waals surface area (Å²) in [6, 6.07) is 16.1. The van der Waals surface area contributed by atoms with Crippen LogP contribution >= 0.6 is 0 Å². The number of aromatic nitrogens is 4. The molecule has 1 aliphatic carbocycles. The van der Waals surface area contributed by atoms with Crippen molar-refractivity contribution in [3.05, 3.63) is 70.1 Å². The predicted octanol–water partition coefficient (Wildman–Crippen LogP) is 5.85. The maximum atomic E-state index is 13.4. The third-order valence-electron chi connectivity index (χ3n) is 8.96. The molecule has 0 atom stereocenters. The fraction of sp³-hybridized carbons (Fsp3) is 0.455. The number of piperidine rings is 1. The van der Waals surface area contributed by atoms with Crippen LogP contribution in [0.15, 0.2) is 53.3 Å². The molecule has 4 aromatic rings. The Morgan fingerprint density at radius 2 is 1.79 bits per heavy atom. The molecule has 2 fully saturated rings. The normalized spacial score (nSPS) is 16.4. The van der Waals surface area contributed by atoms with Gasteiger partial charge in [-0.3, -0.25) is 9.48 Å². The highest BCUT2D eigenvalue weighted by Crippen LogP contribution is 2.35. The molecule has 2 aromatic carbocycles. The van der Waals surface area contributed by atoms with Crippen LogP contribution in [0.25, 0.3) is 22.4 Å². The van der Waals surface area contributed by atoms with Gasteiger partial charge in [-0.25, -0.2) is 9.78 Å². The number of benzene rings is 2. The van der Waals surface area contributed by atoms with E-state index in [2.05, 4.69) is 9.88 Å². The monoisotopic (exact) mass is 584 g/mol. The molecule has 1 saturated carbocycles. The van der Waals surface area contributed by atoms with Crippen LogP contribution < -0.4 is 15.2 Å². The zero-order valence-corrected chi connectivity index (χ0v) is 25.2. The molecule has 0 spiro atoms. The van der Waals surface area contributed by atoms with Gasteiger partial charge >= 0.3 is 6.09 Å². The third kappa shape index (κ3) is 5.96. The average molecular weight is 585 g/mol. The molecular formula is C33H40N6O4. The highest BCUT2D eigenvalue weighted by atomic mass is 16.6. The molecule has 1 amide bonds. The van der Waals surface area contributed by atoms with Gasteiger partial charge in [-0.05, 0) is 50.3 Å². The molecule has 2 aliphatic rings. The van der Waals surface area contributed by atoms with Crippen LogP contribution in [0.2, 0.25) is 0 Å². The van der Waals surface area contributed by atoms with Crippen molar-refractivity contribution < 1.29 is 14.3 Å². The van der Waals surface area contributed by atoms with Crippen molar-refractivity contribution in [2.24, 2.45) is 0 Å². The Morgan fingerprint density at radius 1 is 1.05 bits per heavy atom. The van der Waals surface area contributed by atoms with Crippen LogP contribution in [0, 0.1) is 6.92 Å². The summed E-state index contributed by atoms with van der Waals surface area (Å²) in [6.45, 7) is 3.78. The minimum Gasteiger partial charge on any atom is -0.496 e. The molecule has 0 radical (unpaired) electrons. The molecule has 1 saturated heterocycles. The number of aryl methyl sites for hydroxylation is 1. The lowest BCUT2D eigenvalue weighted by atomic mass is 9.95. The molecular weight excluding hydrogens is 544 g/mol. The number of hydrogen-bond donors (Lipinski definition) is 1. The maximum Gasteiger partial charge on any atom is 0.410 e. The van der Waals surface area contributed by atoms with Gasteiger partial charge in [-0.15, -0.1) is 0 Å². The Balaban J connectivity index is 1.15. The van der Waals surface area contributed by atoms with Crippen LogP contribution in [-0.2, 0) is 11.3 Å². The van der Waals surface area contributed by atoms with Crippen molar-refractivity contribution in [1.82, 2.24) is 24.6 Å². The number of carbonyl (C=O) groups is 1. The Bertz CT molecular complexity index is 1630. The summed E-state index contributed by atoms with van der Waals surface area (Å²) in [4.78, 5) is 37.9. The minimum atomic E-state index is -0.300. The fourth-order valence-corrected chi connectivity index (χ4v) is 6.46. The molecule has 3 heterocycles. The van der Waals surface area contributed by atoms with Gasteiger partial charge in [-0.1, -0.05) is 49.6 Å². The number of rotatable bonds is 7. The number of nitrogens with one attached hydrogen (secondary N) is 1. The first-order valence-electron chi connectivity index (χ1n) is 15.3. The molecule has 1 aliphatic heterocycles. The quantitative estimate of drug-likeness (QED) is 0.291. The van der Waals surface area contributed by atoms with E-state index in [0.29, 0.717) is 22.6 Å². The zero-order chi connectivity index (χ0) is 29.9. The van der Waals surface area contributed by atoms with Gasteiger partial charge in [-0.2, -0.15) is 5.10 Å². The molecule has 10 heteroatoms. The van der Waals surface area contributed by atoms with Crippen molar-refractivity contribution in [3.8, 4) is 17.1 Å². The fourth-order valence-electron chi connectivity index (χ4n) is 6.46. The largest absolute Gasteiger partial charge is 0.496 e. The summed E-state index contributed by atoms with van der Waals surface area (Å²) in [5.41, 5.74) is 4.51. The van der Waals surface area contributed by atoms with Crippen molar-refractivity contribution >= 4 is 22.8 Å². The lowest BCUT2D eigenvalue weighted by Crippen LogP contribution is -2.45. The molecule has 1 N–H and O–H groups in total. The minimum absolute atomic E-state index is 0.111. The van der Waals surface area contributed by atoms with Crippen LogP contribution in [0.4, 0.5) is 10.5 Å². The average Bonchev–Trinajstić information content (AvgIpc) is 3.40. The van der Waals surface area contributed by atoms with Crippen molar-refractivity contribution in [2.75, 3.05) is 32.1 Å². The topological polar surface area (TPSA) is 106 Å². The Labute approximate surface area is 251 Å². The number of carbonyl (C=O) groups excluding carboxylic acids is 1. The molecule has 2 aromatic heterocycles. The number of hydrogen-bond acceptors (Lipinski definition) is 7. The van der Waals surface area contributed by atoms with E-state index in [1.165, 1.54) is 6.42 Å². The number of aromatic amines is 1. The molecule has 0 unspecified atom stereocenters. The highest BCUT2D eigenvalue weighted by molar-refractivity contribution is 5.80. The summed E-state index contributed by atoms with van der Waals surface area (Å²) < 4.78 is 13.2.